The predicted molar refractivity (Wildman–Crippen MR) is 323 cm³/mol. The molecule has 6 heterocycles. The van der Waals surface area contributed by atoms with Crippen molar-refractivity contribution < 1.29 is 4.42 Å². The number of nitrogens with zero attached hydrogens (tertiary/aromatic N) is 2. The van der Waals surface area contributed by atoms with Crippen molar-refractivity contribution in [2.75, 3.05) is 4.81 Å². The van der Waals surface area contributed by atoms with Gasteiger partial charge in [-0.1, -0.05) is 133 Å². The first kappa shape index (κ1) is 45.6. The van der Waals surface area contributed by atoms with Gasteiger partial charge >= 0.3 is 6.85 Å². The average molecular weight is 1000 g/mol. The van der Waals surface area contributed by atoms with E-state index in [0.717, 1.165) is 11.2 Å². The lowest BCUT2D eigenvalue weighted by molar-refractivity contribution is 0.332. The van der Waals surface area contributed by atoms with E-state index in [2.05, 4.69) is 209 Å². The number of aromatic nitrogens is 1. The first-order valence-corrected chi connectivity index (χ1v) is 29.1. The number of rotatable bonds is 1. The maximum absolute atomic E-state index is 7.40. The molecular weight excluding hydrogens is 936 g/mol. The minimum absolute atomic E-state index is 0.0191. The van der Waals surface area contributed by atoms with E-state index in [4.69, 9.17) is 4.42 Å². The topological polar surface area (TPSA) is 21.3 Å². The molecule has 0 amide bonds. The summed E-state index contributed by atoms with van der Waals surface area (Å²) < 4.78 is 15.6. The molecule has 0 spiro atoms. The fourth-order valence-corrected chi connectivity index (χ4v) is 17.0. The smallest absolute Gasteiger partial charge is 0.343 e. The summed E-state index contributed by atoms with van der Waals surface area (Å²) in [6, 6.07) is 41.6. The second-order valence-electron chi connectivity index (χ2n) is 27.8. The summed E-state index contributed by atoms with van der Waals surface area (Å²) in [6.07, 6.45) is 4.76. The van der Waals surface area contributed by atoms with Crippen LogP contribution in [-0.2, 0) is 32.5 Å². The van der Waals surface area contributed by atoms with E-state index in [0.29, 0.717) is 0 Å². The summed E-state index contributed by atoms with van der Waals surface area (Å²) in [7, 11) is 0. The molecule has 15 rings (SSSR count). The summed E-state index contributed by atoms with van der Waals surface area (Å²) in [5.41, 5.74) is 21.4. The lowest BCUT2D eigenvalue weighted by atomic mass is 9.47. The Hall–Kier alpha value is -5.82. The Labute approximate surface area is 444 Å². The summed E-state index contributed by atoms with van der Waals surface area (Å²) in [4.78, 5) is 2.79. The van der Waals surface area contributed by atoms with Crippen molar-refractivity contribution in [1.82, 2.24) is 4.57 Å². The molecule has 6 heteroatoms. The van der Waals surface area contributed by atoms with Crippen LogP contribution in [0.4, 0.5) is 11.4 Å². The Morgan fingerprint density at radius 3 is 1.72 bits per heavy atom. The highest BCUT2D eigenvalue weighted by Crippen LogP contribution is 2.57. The monoisotopic (exact) mass is 1000 g/mol. The van der Waals surface area contributed by atoms with Gasteiger partial charge < -0.3 is 13.8 Å². The normalized spacial score (nSPS) is 18.3. The molecule has 0 unspecified atom stereocenters. The number of furan rings is 1. The van der Waals surface area contributed by atoms with Crippen molar-refractivity contribution in [1.29, 1.82) is 0 Å². The number of para-hydroxylation sites is 1. The summed E-state index contributed by atoms with van der Waals surface area (Å²) >= 11 is 4.03. The van der Waals surface area contributed by atoms with Gasteiger partial charge in [-0.2, -0.15) is 0 Å². The summed E-state index contributed by atoms with van der Waals surface area (Å²) in [5, 5.41) is 9.03. The largest absolute Gasteiger partial charge is 0.455 e. The Morgan fingerprint density at radius 1 is 0.527 bits per heavy atom. The van der Waals surface area contributed by atoms with Crippen LogP contribution in [0.1, 0.15) is 156 Å². The minimum Gasteiger partial charge on any atom is -0.455 e. The van der Waals surface area contributed by atoms with Gasteiger partial charge in [-0.05, 0) is 169 Å². The van der Waals surface area contributed by atoms with E-state index in [1.165, 1.54) is 160 Å². The lowest BCUT2D eigenvalue weighted by Gasteiger charge is -2.42. The molecule has 0 saturated heterocycles. The molecule has 3 nitrogen and oxygen atoms in total. The molecule has 2 aliphatic heterocycles. The number of benzene rings is 7. The van der Waals surface area contributed by atoms with Crippen molar-refractivity contribution in [3.8, 4) is 16.8 Å². The SMILES string of the molecule is CC(C)(C)c1ccc(N2B3c4sc5cc6c(cc5c4-n4c5ccc(C(C)(C)C)cc5c5c7oc8ccccc8c7c(c3c54)-c3cc4sc5cc7c(cc5c4cc32)C(C)(C)CCC7(C)C)C(C)(C)CCC6(C)C)cc1. The fraction of sp³-hybridized carbons (Fsp3) is 0.353. The molecule has 74 heavy (non-hydrogen) atoms. The van der Waals surface area contributed by atoms with Gasteiger partial charge in [0, 0.05) is 68.1 Å². The zero-order valence-electron chi connectivity index (χ0n) is 45.8. The zero-order valence-corrected chi connectivity index (χ0v) is 47.5. The van der Waals surface area contributed by atoms with Gasteiger partial charge in [0.1, 0.15) is 11.2 Å². The Balaban J connectivity index is 1.16. The Bertz CT molecular complexity index is 4340. The molecule has 0 fully saturated rings. The van der Waals surface area contributed by atoms with Crippen LogP contribution in [0.3, 0.4) is 0 Å². The average Bonchev–Trinajstić information content (AvgIpc) is 4.16. The van der Waals surface area contributed by atoms with Crippen LogP contribution in [0.25, 0.3) is 90.8 Å². The van der Waals surface area contributed by atoms with Gasteiger partial charge in [0.15, 0.2) is 0 Å². The third-order valence-electron chi connectivity index (χ3n) is 19.2. The van der Waals surface area contributed by atoms with E-state index < -0.39 is 0 Å². The van der Waals surface area contributed by atoms with Gasteiger partial charge in [0.05, 0.1) is 22.1 Å². The molecule has 0 bridgehead atoms. The predicted octanol–water partition coefficient (Wildman–Crippen LogP) is 18.8. The molecule has 0 N–H and O–H groups in total. The van der Waals surface area contributed by atoms with Gasteiger partial charge in [0.2, 0.25) is 0 Å². The molecule has 370 valence electrons. The minimum atomic E-state index is -0.113. The lowest BCUT2D eigenvalue weighted by Crippen LogP contribution is -2.59. The molecule has 0 radical (unpaired) electrons. The summed E-state index contributed by atoms with van der Waals surface area (Å²) in [6.45, 7) is 33.7. The van der Waals surface area contributed by atoms with Crippen molar-refractivity contribution in [2.45, 2.75) is 155 Å². The van der Waals surface area contributed by atoms with Gasteiger partial charge in [0.25, 0.3) is 0 Å². The first-order valence-electron chi connectivity index (χ1n) is 27.4. The zero-order chi connectivity index (χ0) is 51.3. The fourth-order valence-electron chi connectivity index (χ4n) is 14.5. The Morgan fingerprint density at radius 2 is 1.08 bits per heavy atom. The quantitative estimate of drug-likeness (QED) is 0.153. The van der Waals surface area contributed by atoms with Crippen molar-refractivity contribution in [3.63, 3.8) is 0 Å². The molecule has 2 aliphatic carbocycles. The Kier molecular flexibility index (Phi) is 8.72. The molecule has 7 aromatic carbocycles. The molecule has 4 aliphatic rings. The number of thiophene rings is 2. The number of hydrogen-bond acceptors (Lipinski definition) is 4. The third kappa shape index (κ3) is 5.91. The molecule has 0 atom stereocenters. The van der Waals surface area contributed by atoms with Crippen LogP contribution in [0.2, 0.25) is 0 Å². The number of hydrogen-bond donors (Lipinski definition) is 0. The van der Waals surface area contributed by atoms with Gasteiger partial charge in [-0.3, -0.25) is 0 Å². The second kappa shape index (κ2) is 14.2. The molecule has 4 aromatic heterocycles. The highest BCUT2D eigenvalue weighted by atomic mass is 32.1. The van der Waals surface area contributed by atoms with E-state index in [-0.39, 0.29) is 39.3 Å². The number of anilines is 2. The number of fused-ring (bicyclic) bond motifs is 20. The second-order valence-corrected chi connectivity index (χ2v) is 30.0. The van der Waals surface area contributed by atoms with Crippen LogP contribution in [-0.4, -0.2) is 11.4 Å². The third-order valence-corrected chi connectivity index (χ3v) is 21.5. The van der Waals surface area contributed by atoms with Crippen LogP contribution in [0.15, 0.2) is 108 Å². The van der Waals surface area contributed by atoms with Crippen LogP contribution in [0.5, 0.6) is 0 Å². The van der Waals surface area contributed by atoms with Crippen molar-refractivity contribution >= 4 is 125 Å². The van der Waals surface area contributed by atoms with E-state index in [9.17, 15) is 0 Å². The van der Waals surface area contributed by atoms with Crippen LogP contribution >= 0.6 is 22.7 Å². The first-order chi connectivity index (χ1) is 34.9. The maximum Gasteiger partial charge on any atom is 0.343 e. The van der Waals surface area contributed by atoms with Crippen molar-refractivity contribution in [2.24, 2.45) is 0 Å². The van der Waals surface area contributed by atoms with Gasteiger partial charge in [-0.15, -0.1) is 22.7 Å². The molecule has 0 saturated carbocycles. The van der Waals surface area contributed by atoms with Crippen LogP contribution < -0.4 is 15.1 Å². The van der Waals surface area contributed by atoms with Crippen LogP contribution in [0, 0.1) is 0 Å². The maximum atomic E-state index is 7.40. The highest BCUT2D eigenvalue weighted by molar-refractivity contribution is 7.32. The van der Waals surface area contributed by atoms with E-state index in [1.807, 2.05) is 22.7 Å². The molecular formula is C68H67BN2OS2. The summed E-state index contributed by atoms with van der Waals surface area (Å²) in [5.74, 6) is 0. The standard InChI is InChI=1S/C68H67BN2OS2/c1-63(2,3)36-19-22-38(23-20-36)71-50-32-41-40-30-45-47(67(11,12)27-25-65(45,7)8)34-53(40)73-52(41)33-43(50)55-56-39-17-15-16-18-51(39)72-61(56)57-42-29-37(64(4,5)6)21-24-49(42)70-59-44-31-46-48(68(13,14)28-26-66(46,9)10)35-54(44)74-62(59)69(71)58(55)60(57)70/h15-24,29-35H,25-28H2,1-14H3. The van der Waals surface area contributed by atoms with Gasteiger partial charge in [-0.25, -0.2) is 0 Å². The van der Waals surface area contributed by atoms with Crippen molar-refractivity contribution in [3.05, 3.63) is 137 Å². The van der Waals surface area contributed by atoms with E-state index in [1.54, 1.807) is 0 Å². The highest BCUT2D eigenvalue weighted by Gasteiger charge is 2.49. The molecule has 11 aromatic rings. The van der Waals surface area contributed by atoms with E-state index >= 15 is 0 Å².